The molecule has 0 radical (unpaired) electrons. The van der Waals surface area contributed by atoms with Crippen molar-refractivity contribution >= 4 is 39.6 Å². The average Bonchev–Trinajstić information content (AvgIpc) is 2.77. The van der Waals surface area contributed by atoms with Crippen LogP contribution in [0.3, 0.4) is 0 Å². The van der Waals surface area contributed by atoms with Gasteiger partial charge in [0.15, 0.2) is 0 Å². The Hall–Kier alpha value is -3.89. The van der Waals surface area contributed by atoms with Crippen LogP contribution < -0.4 is 10.1 Å². The normalized spacial score (nSPS) is 10.8. The van der Waals surface area contributed by atoms with Gasteiger partial charge in [0.05, 0.1) is 5.56 Å². The molecule has 3 rings (SSSR count). The number of aromatic carboxylic acids is 1. The Kier molecular flexibility index (Phi) is 7.20. The lowest BCUT2D eigenvalue weighted by molar-refractivity contribution is -0.112. The van der Waals surface area contributed by atoms with Crippen molar-refractivity contribution in [2.75, 3.05) is 5.32 Å². The van der Waals surface area contributed by atoms with Gasteiger partial charge in [-0.3, -0.25) is 4.79 Å². The highest BCUT2D eigenvalue weighted by Crippen LogP contribution is 2.27. The number of rotatable bonds is 7. The maximum atomic E-state index is 12.5. The number of halogens is 1. The van der Waals surface area contributed by atoms with Crippen molar-refractivity contribution in [2.24, 2.45) is 0 Å². The molecule has 0 aliphatic carbocycles. The smallest absolute Gasteiger partial charge is 0.335 e. The molecule has 3 aromatic carbocycles. The summed E-state index contributed by atoms with van der Waals surface area (Å²) in [5.41, 5.74) is 2.04. The number of carbonyl (C=O) groups excluding carboxylic acids is 1. The van der Waals surface area contributed by atoms with Crippen LogP contribution in [0.4, 0.5) is 5.69 Å². The summed E-state index contributed by atoms with van der Waals surface area (Å²) < 4.78 is 6.63. The second-order valence-corrected chi connectivity index (χ2v) is 7.38. The molecule has 0 bridgehead atoms. The van der Waals surface area contributed by atoms with Crippen molar-refractivity contribution < 1.29 is 19.4 Å². The number of amides is 1. The van der Waals surface area contributed by atoms with Crippen LogP contribution in [0.1, 0.15) is 21.5 Å². The molecule has 0 atom stereocenters. The summed E-state index contributed by atoms with van der Waals surface area (Å²) in [7, 11) is 0. The maximum Gasteiger partial charge on any atom is 0.335 e. The standard InChI is InChI=1S/C24H17BrN2O4/c25-20-10-11-22(31-15-16-6-8-17(9-7-16)24(29)30)18(13-20)12-19(14-26)23(28)27-21-4-2-1-3-5-21/h1-13H,15H2,(H,27,28)(H,29,30)/b19-12+. The van der Waals surface area contributed by atoms with Crippen molar-refractivity contribution in [3.05, 3.63) is 99.5 Å². The fourth-order valence-corrected chi connectivity index (χ4v) is 3.07. The van der Waals surface area contributed by atoms with E-state index in [1.807, 2.05) is 12.1 Å². The zero-order valence-corrected chi connectivity index (χ0v) is 17.8. The van der Waals surface area contributed by atoms with Crippen LogP contribution in [0.5, 0.6) is 5.75 Å². The Balaban J connectivity index is 1.80. The van der Waals surface area contributed by atoms with Gasteiger partial charge in [-0.2, -0.15) is 5.26 Å². The molecule has 0 fully saturated rings. The predicted molar refractivity (Wildman–Crippen MR) is 121 cm³/mol. The van der Waals surface area contributed by atoms with Gasteiger partial charge in [0.2, 0.25) is 0 Å². The van der Waals surface area contributed by atoms with E-state index in [-0.39, 0.29) is 17.7 Å². The van der Waals surface area contributed by atoms with E-state index in [0.717, 1.165) is 10.0 Å². The van der Waals surface area contributed by atoms with E-state index in [1.54, 1.807) is 54.6 Å². The van der Waals surface area contributed by atoms with Crippen molar-refractivity contribution in [3.63, 3.8) is 0 Å². The first-order valence-corrected chi connectivity index (χ1v) is 9.98. The summed E-state index contributed by atoms with van der Waals surface area (Å²) in [4.78, 5) is 23.5. The number of para-hydroxylation sites is 1. The summed E-state index contributed by atoms with van der Waals surface area (Å²) in [5.74, 6) is -1.04. The summed E-state index contributed by atoms with van der Waals surface area (Å²) >= 11 is 3.39. The van der Waals surface area contributed by atoms with E-state index in [4.69, 9.17) is 9.84 Å². The molecule has 0 aliphatic heterocycles. The Morgan fingerprint density at radius 2 is 1.77 bits per heavy atom. The van der Waals surface area contributed by atoms with Crippen LogP contribution in [0.15, 0.2) is 82.8 Å². The van der Waals surface area contributed by atoms with Gasteiger partial charge in [-0.15, -0.1) is 0 Å². The highest BCUT2D eigenvalue weighted by molar-refractivity contribution is 9.10. The molecule has 2 N–H and O–H groups in total. The lowest BCUT2D eigenvalue weighted by atomic mass is 10.1. The molecule has 7 heteroatoms. The van der Waals surface area contributed by atoms with Crippen LogP contribution in [-0.2, 0) is 11.4 Å². The molecule has 0 saturated carbocycles. The van der Waals surface area contributed by atoms with Gasteiger partial charge < -0.3 is 15.2 Å². The lowest BCUT2D eigenvalue weighted by Gasteiger charge is -2.11. The lowest BCUT2D eigenvalue weighted by Crippen LogP contribution is -2.13. The number of benzene rings is 3. The minimum absolute atomic E-state index is 0.0717. The summed E-state index contributed by atoms with van der Waals surface area (Å²) in [6, 6.07) is 22.4. The third kappa shape index (κ3) is 6.04. The molecule has 0 saturated heterocycles. The number of hydrogen-bond donors (Lipinski definition) is 2. The summed E-state index contributed by atoms with van der Waals surface area (Å²) in [6.07, 6.45) is 1.46. The van der Waals surface area contributed by atoms with Crippen LogP contribution in [0.25, 0.3) is 6.08 Å². The van der Waals surface area contributed by atoms with Gasteiger partial charge >= 0.3 is 5.97 Å². The van der Waals surface area contributed by atoms with Crippen molar-refractivity contribution in [1.29, 1.82) is 5.26 Å². The SMILES string of the molecule is N#C/C(=C\c1cc(Br)ccc1OCc1ccc(C(=O)O)cc1)C(=O)Nc1ccccc1. The molecule has 154 valence electrons. The molecule has 0 spiro atoms. The van der Waals surface area contributed by atoms with E-state index >= 15 is 0 Å². The fraction of sp³-hybridized carbons (Fsp3) is 0.0417. The van der Waals surface area contributed by atoms with Gasteiger partial charge in [0.1, 0.15) is 24.0 Å². The molecule has 6 nitrogen and oxygen atoms in total. The zero-order chi connectivity index (χ0) is 22.2. The van der Waals surface area contributed by atoms with Gasteiger partial charge in [0, 0.05) is 15.7 Å². The van der Waals surface area contributed by atoms with E-state index in [2.05, 4.69) is 21.2 Å². The van der Waals surface area contributed by atoms with E-state index < -0.39 is 11.9 Å². The predicted octanol–water partition coefficient (Wildman–Crippen LogP) is 5.27. The number of carboxylic acids is 1. The molecule has 0 heterocycles. The van der Waals surface area contributed by atoms with Crippen molar-refractivity contribution in [1.82, 2.24) is 0 Å². The van der Waals surface area contributed by atoms with E-state index in [0.29, 0.717) is 17.0 Å². The third-order valence-electron chi connectivity index (χ3n) is 4.26. The molecule has 1 amide bonds. The minimum atomic E-state index is -0.995. The quantitative estimate of drug-likeness (QED) is 0.357. The van der Waals surface area contributed by atoms with Crippen LogP contribution in [-0.4, -0.2) is 17.0 Å². The Bertz CT molecular complexity index is 1170. The Morgan fingerprint density at radius 1 is 1.06 bits per heavy atom. The average molecular weight is 477 g/mol. The monoisotopic (exact) mass is 476 g/mol. The topological polar surface area (TPSA) is 99.4 Å². The van der Waals surface area contributed by atoms with Gasteiger partial charge in [-0.05, 0) is 54.1 Å². The van der Waals surface area contributed by atoms with E-state index in [1.165, 1.54) is 18.2 Å². The van der Waals surface area contributed by atoms with Crippen LogP contribution in [0, 0.1) is 11.3 Å². The number of anilines is 1. The Morgan fingerprint density at radius 3 is 2.42 bits per heavy atom. The number of hydrogen-bond acceptors (Lipinski definition) is 4. The number of nitrogens with one attached hydrogen (secondary N) is 1. The zero-order valence-electron chi connectivity index (χ0n) is 16.2. The fourth-order valence-electron chi connectivity index (χ4n) is 2.69. The van der Waals surface area contributed by atoms with Crippen molar-refractivity contribution in [3.8, 4) is 11.8 Å². The van der Waals surface area contributed by atoms with E-state index in [9.17, 15) is 14.9 Å². The van der Waals surface area contributed by atoms with Crippen LogP contribution >= 0.6 is 15.9 Å². The highest BCUT2D eigenvalue weighted by atomic mass is 79.9. The second kappa shape index (κ2) is 10.2. The highest BCUT2D eigenvalue weighted by Gasteiger charge is 2.12. The molecule has 0 unspecified atom stereocenters. The molecule has 3 aromatic rings. The number of carbonyl (C=O) groups is 2. The number of ether oxygens (including phenoxy) is 1. The molecule has 0 aliphatic rings. The number of nitrogens with zero attached hydrogens (tertiary/aromatic N) is 1. The number of nitriles is 1. The first-order valence-electron chi connectivity index (χ1n) is 9.19. The summed E-state index contributed by atoms with van der Waals surface area (Å²) in [6.45, 7) is 0.195. The molecular formula is C24H17BrN2O4. The first kappa shape index (κ1) is 21.8. The second-order valence-electron chi connectivity index (χ2n) is 6.46. The maximum absolute atomic E-state index is 12.5. The largest absolute Gasteiger partial charge is 0.488 e. The van der Waals surface area contributed by atoms with Gasteiger partial charge in [-0.25, -0.2) is 4.79 Å². The molecular weight excluding hydrogens is 460 g/mol. The van der Waals surface area contributed by atoms with Crippen molar-refractivity contribution in [2.45, 2.75) is 6.61 Å². The van der Waals surface area contributed by atoms with Gasteiger partial charge in [-0.1, -0.05) is 46.3 Å². The first-order chi connectivity index (χ1) is 15.0. The summed E-state index contributed by atoms with van der Waals surface area (Å²) in [5, 5.41) is 21.2. The number of carboxylic acid groups (broad SMARTS) is 1. The van der Waals surface area contributed by atoms with Gasteiger partial charge in [0.25, 0.3) is 5.91 Å². The minimum Gasteiger partial charge on any atom is -0.488 e. The Labute approximate surface area is 187 Å². The van der Waals surface area contributed by atoms with Crippen LogP contribution in [0.2, 0.25) is 0 Å². The molecule has 31 heavy (non-hydrogen) atoms. The molecule has 0 aromatic heterocycles. The third-order valence-corrected chi connectivity index (χ3v) is 4.76.